The summed E-state index contributed by atoms with van der Waals surface area (Å²) < 4.78 is 10.9. The molecule has 2 rings (SSSR count). The van der Waals surface area contributed by atoms with Gasteiger partial charge in [0, 0.05) is 5.56 Å². The quantitative estimate of drug-likeness (QED) is 0.878. The van der Waals surface area contributed by atoms with Crippen molar-refractivity contribution in [1.82, 2.24) is 0 Å². The first-order valence-corrected chi connectivity index (χ1v) is 6.24. The highest BCUT2D eigenvalue weighted by Gasteiger charge is 2.04. The molecule has 4 nitrogen and oxygen atoms in total. The van der Waals surface area contributed by atoms with Crippen LogP contribution in [0.3, 0.4) is 0 Å². The lowest BCUT2D eigenvalue weighted by Crippen LogP contribution is -2.01. The van der Waals surface area contributed by atoms with Crippen LogP contribution in [-0.2, 0) is 17.8 Å². The molecule has 0 bridgehead atoms. The summed E-state index contributed by atoms with van der Waals surface area (Å²) in [4.78, 5) is 10.6. The van der Waals surface area contributed by atoms with Gasteiger partial charge in [0.05, 0.1) is 13.5 Å². The van der Waals surface area contributed by atoms with Crippen LogP contribution in [0.5, 0.6) is 11.5 Å². The Morgan fingerprint density at radius 3 is 2.45 bits per heavy atom. The maximum atomic E-state index is 10.6. The van der Waals surface area contributed by atoms with Crippen LogP contribution in [0, 0.1) is 0 Å². The van der Waals surface area contributed by atoms with E-state index in [1.807, 2.05) is 24.3 Å². The second-order valence-electron chi connectivity index (χ2n) is 4.31. The summed E-state index contributed by atoms with van der Waals surface area (Å²) in [6, 6.07) is 14.7. The van der Waals surface area contributed by atoms with Crippen LogP contribution >= 0.6 is 0 Å². The molecule has 104 valence electrons. The average Bonchev–Trinajstić information content (AvgIpc) is 2.46. The highest BCUT2D eigenvalue weighted by molar-refractivity contribution is 5.70. The Kier molecular flexibility index (Phi) is 4.60. The highest BCUT2D eigenvalue weighted by atomic mass is 16.5. The lowest BCUT2D eigenvalue weighted by molar-refractivity contribution is -0.136. The van der Waals surface area contributed by atoms with E-state index in [4.69, 9.17) is 14.6 Å². The van der Waals surface area contributed by atoms with Gasteiger partial charge in [-0.05, 0) is 23.8 Å². The molecule has 0 saturated carbocycles. The van der Waals surface area contributed by atoms with Gasteiger partial charge in [-0.3, -0.25) is 4.79 Å². The maximum absolute atomic E-state index is 10.6. The number of carbonyl (C=O) groups is 1. The number of benzene rings is 2. The molecule has 0 aliphatic rings. The van der Waals surface area contributed by atoms with E-state index in [0.29, 0.717) is 12.4 Å². The van der Waals surface area contributed by atoms with Crippen LogP contribution in [0.4, 0.5) is 0 Å². The first-order chi connectivity index (χ1) is 9.69. The zero-order valence-corrected chi connectivity index (χ0v) is 11.2. The van der Waals surface area contributed by atoms with Gasteiger partial charge in [0.15, 0.2) is 0 Å². The van der Waals surface area contributed by atoms with Gasteiger partial charge in [-0.2, -0.15) is 0 Å². The summed E-state index contributed by atoms with van der Waals surface area (Å²) in [5.74, 6) is 0.646. The molecular formula is C16H16O4. The lowest BCUT2D eigenvalue weighted by atomic mass is 10.1. The monoisotopic (exact) mass is 272 g/mol. The summed E-state index contributed by atoms with van der Waals surface area (Å²) in [6.45, 7) is 0.405. The Hall–Kier alpha value is -2.49. The predicted molar refractivity (Wildman–Crippen MR) is 75.1 cm³/mol. The van der Waals surface area contributed by atoms with Crippen LogP contribution in [-0.4, -0.2) is 18.2 Å². The van der Waals surface area contributed by atoms with E-state index < -0.39 is 5.97 Å². The normalized spacial score (nSPS) is 10.1. The molecule has 0 unspecified atom stereocenters. The van der Waals surface area contributed by atoms with Crippen LogP contribution in [0.1, 0.15) is 11.1 Å². The SMILES string of the molecule is COc1ccccc1COc1ccc(CC(=O)O)cc1. The van der Waals surface area contributed by atoms with Crippen molar-refractivity contribution in [2.45, 2.75) is 13.0 Å². The molecule has 0 fully saturated rings. The topological polar surface area (TPSA) is 55.8 Å². The van der Waals surface area contributed by atoms with Gasteiger partial charge in [0.25, 0.3) is 0 Å². The molecule has 0 amide bonds. The smallest absolute Gasteiger partial charge is 0.307 e. The molecule has 20 heavy (non-hydrogen) atoms. The molecule has 2 aromatic rings. The third kappa shape index (κ3) is 3.75. The third-order valence-corrected chi connectivity index (χ3v) is 2.87. The second kappa shape index (κ2) is 6.61. The first-order valence-electron chi connectivity index (χ1n) is 6.24. The van der Waals surface area contributed by atoms with Crippen LogP contribution in [0.2, 0.25) is 0 Å². The number of hydrogen-bond acceptors (Lipinski definition) is 3. The first kappa shape index (κ1) is 13.9. The molecular weight excluding hydrogens is 256 g/mol. The van der Waals surface area contributed by atoms with E-state index in [1.165, 1.54) is 0 Å². The Morgan fingerprint density at radius 1 is 1.10 bits per heavy atom. The summed E-state index contributed by atoms with van der Waals surface area (Å²) in [6.07, 6.45) is 0.0206. The fourth-order valence-electron chi connectivity index (χ4n) is 1.86. The van der Waals surface area contributed by atoms with Crippen molar-refractivity contribution in [3.05, 3.63) is 59.7 Å². The van der Waals surface area contributed by atoms with E-state index in [0.717, 1.165) is 16.9 Å². The molecule has 0 aliphatic heterocycles. The minimum absolute atomic E-state index is 0.0206. The van der Waals surface area contributed by atoms with Crippen LogP contribution < -0.4 is 9.47 Å². The van der Waals surface area contributed by atoms with E-state index in [1.54, 1.807) is 31.4 Å². The van der Waals surface area contributed by atoms with Crippen molar-refractivity contribution < 1.29 is 19.4 Å². The highest BCUT2D eigenvalue weighted by Crippen LogP contribution is 2.20. The molecule has 0 spiro atoms. The minimum atomic E-state index is -0.840. The van der Waals surface area contributed by atoms with Crippen molar-refractivity contribution in [3.63, 3.8) is 0 Å². The molecule has 0 heterocycles. The van der Waals surface area contributed by atoms with Crippen molar-refractivity contribution in [1.29, 1.82) is 0 Å². The predicted octanol–water partition coefficient (Wildman–Crippen LogP) is 2.90. The Bertz CT molecular complexity index is 575. The largest absolute Gasteiger partial charge is 0.496 e. The van der Waals surface area contributed by atoms with Crippen molar-refractivity contribution in [3.8, 4) is 11.5 Å². The minimum Gasteiger partial charge on any atom is -0.496 e. The third-order valence-electron chi connectivity index (χ3n) is 2.87. The van der Waals surface area contributed by atoms with Gasteiger partial charge in [-0.1, -0.05) is 30.3 Å². The van der Waals surface area contributed by atoms with E-state index in [9.17, 15) is 4.79 Å². The maximum Gasteiger partial charge on any atom is 0.307 e. The molecule has 0 aliphatic carbocycles. The number of methoxy groups -OCH3 is 1. The fourth-order valence-corrected chi connectivity index (χ4v) is 1.86. The number of carboxylic acid groups (broad SMARTS) is 1. The Balaban J connectivity index is 1.98. The molecule has 0 atom stereocenters. The average molecular weight is 272 g/mol. The Labute approximate surface area is 117 Å². The van der Waals surface area contributed by atoms with Crippen LogP contribution in [0.15, 0.2) is 48.5 Å². The van der Waals surface area contributed by atoms with Gasteiger partial charge in [0.2, 0.25) is 0 Å². The van der Waals surface area contributed by atoms with E-state index >= 15 is 0 Å². The van der Waals surface area contributed by atoms with Gasteiger partial charge in [0.1, 0.15) is 18.1 Å². The summed E-state index contributed by atoms with van der Waals surface area (Å²) in [5, 5.41) is 8.70. The molecule has 4 heteroatoms. The zero-order valence-electron chi connectivity index (χ0n) is 11.2. The number of aliphatic carboxylic acids is 1. The van der Waals surface area contributed by atoms with Gasteiger partial charge < -0.3 is 14.6 Å². The Morgan fingerprint density at radius 2 is 1.80 bits per heavy atom. The molecule has 0 saturated heterocycles. The molecule has 0 aromatic heterocycles. The number of para-hydroxylation sites is 1. The molecule has 2 aromatic carbocycles. The summed E-state index contributed by atoms with van der Waals surface area (Å²) in [7, 11) is 1.62. The fraction of sp³-hybridized carbons (Fsp3) is 0.188. The summed E-state index contributed by atoms with van der Waals surface area (Å²) >= 11 is 0. The van der Waals surface area contributed by atoms with E-state index in [-0.39, 0.29) is 6.42 Å². The number of hydrogen-bond donors (Lipinski definition) is 1. The zero-order chi connectivity index (χ0) is 14.4. The van der Waals surface area contributed by atoms with Crippen molar-refractivity contribution in [2.24, 2.45) is 0 Å². The number of ether oxygens (including phenoxy) is 2. The standard InChI is InChI=1S/C16H16O4/c1-19-15-5-3-2-4-13(15)11-20-14-8-6-12(7-9-14)10-16(17)18/h2-9H,10-11H2,1H3,(H,17,18). The van der Waals surface area contributed by atoms with Gasteiger partial charge in [-0.15, -0.1) is 0 Å². The van der Waals surface area contributed by atoms with Gasteiger partial charge >= 0.3 is 5.97 Å². The summed E-state index contributed by atoms with van der Waals surface area (Å²) in [5.41, 5.74) is 1.71. The molecule has 1 N–H and O–H groups in total. The molecule has 0 radical (unpaired) electrons. The van der Waals surface area contributed by atoms with Gasteiger partial charge in [-0.25, -0.2) is 0 Å². The van der Waals surface area contributed by atoms with E-state index in [2.05, 4.69) is 0 Å². The number of carboxylic acids is 1. The van der Waals surface area contributed by atoms with Crippen molar-refractivity contribution in [2.75, 3.05) is 7.11 Å². The lowest BCUT2D eigenvalue weighted by Gasteiger charge is -2.10. The van der Waals surface area contributed by atoms with Crippen LogP contribution in [0.25, 0.3) is 0 Å². The number of rotatable bonds is 6. The second-order valence-corrected chi connectivity index (χ2v) is 4.31. The van der Waals surface area contributed by atoms with Crippen molar-refractivity contribution >= 4 is 5.97 Å².